The minimum absolute atomic E-state index is 0.0841. The highest BCUT2D eigenvalue weighted by atomic mass is 16.5. The predicted molar refractivity (Wildman–Crippen MR) is 274 cm³/mol. The first-order chi connectivity index (χ1) is 34.8. The molecule has 2 atom stereocenters. The minimum atomic E-state index is -0.925. The van der Waals surface area contributed by atoms with Crippen LogP contribution in [0.5, 0.6) is 11.5 Å². The third-order valence-electron chi connectivity index (χ3n) is 12.9. The Morgan fingerprint density at radius 1 is 0.676 bits per heavy atom. The lowest BCUT2D eigenvalue weighted by molar-refractivity contribution is -0.137. The van der Waals surface area contributed by atoms with E-state index in [9.17, 15) is 19.8 Å². The molecule has 7 aromatic carbocycles. The van der Waals surface area contributed by atoms with Gasteiger partial charge in [-0.05, 0) is 100 Å². The molecule has 358 valence electrons. The van der Waals surface area contributed by atoms with Crippen molar-refractivity contribution < 1.29 is 38.4 Å². The Morgan fingerprint density at radius 2 is 1.32 bits per heavy atom. The van der Waals surface area contributed by atoms with Crippen LogP contribution >= 0.6 is 0 Å². The van der Waals surface area contributed by atoms with Gasteiger partial charge in [-0.3, -0.25) is 9.59 Å². The normalized spacial score (nSPS) is 14.5. The largest absolute Gasteiger partial charge is 0.488 e. The van der Waals surface area contributed by atoms with Crippen LogP contribution in [0.3, 0.4) is 0 Å². The molecule has 0 bridgehead atoms. The number of aliphatic carboxylic acids is 2. The van der Waals surface area contributed by atoms with Crippen molar-refractivity contribution in [1.82, 2.24) is 15.1 Å². The maximum absolute atomic E-state index is 11.6. The molecule has 0 aliphatic carbocycles. The average molecular weight is 948 g/mol. The molecule has 0 spiro atoms. The molecule has 6 N–H and O–H groups in total. The Kier molecular flexibility index (Phi) is 13.9. The highest BCUT2D eigenvalue weighted by Gasteiger charge is 2.28. The number of anilines is 1. The van der Waals surface area contributed by atoms with Crippen LogP contribution in [-0.2, 0) is 53.5 Å². The van der Waals surface area contributed by atoms with Gasteiger partial charge in [0.1, 0.15) is 30.4 Å². The van der Waals surface area contributed by atoms with Crippen LogP contribution in [0.25, 0.3) is 49.8 Å². The van der Waals surface area contributed by atoms with Gasteiger partial charge in [0.15, 0.2) is 5.58 Å². The van der Waals surface area contributed by atoms with Crippen molar-refractivity contribution >= 4 is 39.5 Å². The zero-order valence-corrected chi connectivity index (χ0v) is 38.9. The lowest BCUT2D eigenvalue weighted by Gasteiger charge is -2.21. The molecular weight excluding hydrogens is 895 g/mol. The molecule has 0 radical (unpaired) electrons. The van der Waals surface area contributed by atoms with Crippen molar-refractivity contribution in [2.75, 3.05) is 18.5 Å². The number of rotatable bonds is 20. The first-order valence-corrected chi connectivity index (χ1v) is 23.7. The molecule has 9 aromatic rings. The van der Waals surface area contributed by atoms with Crippen LogP contribution in [0, 0.1) is 0 Å². The molecule has 2 aromatic heterocycles. The Hall–Kier alpha value is -8.23. The second-order valence-corrected chi connectivity index (χ2v) is 17.7. The SMILES string of the molecule is NCc1cccc(-c2cc(NCC3OCCC3NCc3cccc(-c4ccc5c(c4)c(COc4ccccc4CC(=O)O)nn5-c4ccccc4)c3)c3occ(COc4ccccc4CC(=O)O)c3c2)c1. The molecular formula is C58H53N5O8. The number of hydrogen-bond acceptors (Lipinski definition) is 10. The molecule has 71 heavy (non-hydrogen) atoms. The number of nitrogens with two attached hydrogens (primary N) is 1. The number of hydrogen-bond donors (Lipinski definition) is 5. The van der Waals surface area contributed by atoms with Crippen LogP contribution in [0.15, 0.2) is 168 Å². The number of para-hydroxylation sites is 3. The van der Waals surface area contributed by atoms with Gasteiger partial charge in [0.05, 0.1) is 42.1 Å². The zero-order valence-electron chi connectivity index (χ0n) is 38.9. The fourth-order valence-electron chi connectivity index (χ4n) is 9.32. The summed E-state index contributed by atoms with van der Waals surface area (Å²) in [7, 11) is 0. The summed E-state index contributed by atoms with van der Waals surface area (Å²) < 4.78 is 27.0. The fourth-order valence-corrected chi connectivity index (χ4v) is 9.32. The molecule has 1 saturated heterocycles. The second-order valence-electron chi connectivity index (χ2n) is 17.7. The van der Waals surface area contributed by atoms with E-state index in [-0.39, 0.29) is 38.2 Å². The van der Waals surface area contributed by atoms with Crippen LogP contribution < -0.4 is 25.8 Å². The number of furan rings is 1. The second kappa shape index (κ2) is 21.2. The minimum Gasteiger partial charge on any atom is -0.488 e. The van der Waals surface area contributed by atoms with Crippen molar-refractivity contribution in [1.29, 1.82) is 0 Å². The Bertz CT molecular complexity index is 3350. The first kappa shape index (κ1) is 46.5. The molecule has 1 aliphatic rings. The molecule has 13 nitrogen and oxygen atoms in total. The van der Waals surface area contributed by atoms with Crippen molar-refractivity contribution in [3.05, 3.63) is 197 Å². The van der Waals surface area contributed by atoms with E-state index in [1.54, 1.807) is 36.6 Å². The van der Waals surface area contributed by atoms with Crippen molar-refractivity contribution in [2.45, 2.75) is 57.7 Å². The molecule has 2 unspecified atom stereocenters. The van der Waals surface area contributed by atoms with Gasteiger partial charge in [0.2, 0.25) is 0 Å². The number of nitrogens with zero attached hydrogens (tertiary/aromatic N) is 2. The Balaban J connectivity index is 0.857. The predicted octanol–water partition coefficient (Wildman–Crippen LogP) is 10.3. The van der Waals surface area contributed by atoms with Crippen LogP contribution in [0.1, 0.15) is 39.9 Å². The maximum atomic E-state index is 11.6. The fraction of sp³-hybridized carbons (Fsp3) is 0.190. The number of carbonyl (C=O) groups is 2. The van der Waals surface area contributed by atoms with Crippen LogP contribution in [0.4, 0.5) is 5.69 Å². The number of carboxylic acids is 2. The number of nitrogens with one attached hydrogen (secondary N) is 2. The van der Waals surface area contributed by atoms with E-state index < -0.39 is 11.9 Å². The van der Waals surface area contributed by atoms with E-state index >= 15 is 0 Å². The zero-order chi connectivity index (χ0) is 48.7. The van der Waals surface area contributed by atoms with Gasteiger partial charge >= 0.3 is 11.9 Å². The molecule has 13 heteroatoms. The summed E-state index contributed by atoms with van der Waals surface area (Å²) in [6.45, 7) is 2.56. The van der Waals surface area contributed by atoms with Gasteiger partial charge in [-0.1, -0.05) is 97.1 Å². The summed E-state index contributed by atoms with van der Waals surface area (Å²) in [5, 5.41) is 33.3. The van der Waals surface area contributed by atoms with E-state index in [0.717, 1.165) is 78.7 Å². The smallest absolute Gasteiger partial charge is 0.307 e. The average Bonchev–Trinajstić information content (AvgIpc) is 4.14. The van der Waals surface area contributed by atoms with E-state index in [2.05, 4.69) is 77.4 Å². The van der Waals surface area contributed by atoms with Crippen molar-refractivity contribution in [3.8, 4) is 39.4 Å². The van der Waals surface area contributed by atoms with E-state index in [0.29, 0.717) is 54.5 Å². The van der Waals surface area contributed by atoms with Crippen molar-refractivity contribution in [2.24, 2.45) is 5.73 Å². The molecule has 1 aliphatic heterocycles. The van der Waals surface area contributed by atoms with Gasteiger partial charge in [0.25, 0.3) is 0 Å². The molecule has 0 amide bonds. The monoisotopic (exact) mass is 947 g/mol. The lowest BCUT2D eigenvalue weighted by atomic mass is 9.99. The summed E-state index contributed by atoms with van der Waals surface area (Å²) in [5.74, 6) is -0.813. The quantitative estimate of drug-likeness (QED) is 0.0488. The third kappa shape index (κ3) is 10.7. The summed E-state index contributed by atoms with van der Waals surface area (Å²) in [6, 6.07) is 51.7. The van der Waals surface area contributed by atoms with Gasteiger partial charge in [0, 0.05) is 59.7 Å². The molecule has 3 heterocycles. The molecule has 0 saturated carbocycles. The molecule has 1 fully saturated rings. The Morgan fingerprint density at radius 3 is 2.06 bits per heavy atom. The summed E-state index contributed by atoms with van der Waals surface area (Å²) in [4.78, 5) is 23.1. The highest BCUT2D eigenvalue weighted by Crippen LogP contribution is 2.36. The number of fused-ring (bicyclic) bond motifs is 2. The standard InChI is InChI=1S/C58H53N5O8/c59-31-37-10-8-15-40(24-37)44-27-47-45(34-69-53-18-6-4-12-42(53)29-56(64)65)35-71-58(47)50(28-44)61-33-55-49(22-23-68-55)60-32-38-11-9-14-39(25-38)41-20-21-52-48(26-41)51(62-63(52)46-16-2-1-3-17-46)36-70-54-19-7-5-13-43(54)30-57(66)67/h1-21,24-28,35,49,55,60-61H,22-23,29-34,36,59H2,(H,64,65)(H,66,67). The van der Waals surface area contributed by atoms with E-state index in [4.69, 9.17) is 29.5 Å². The number of ether oxygens (including phenoxy) is 3. The van der Waals surface area contributed by atoms with Gasteiger partial charge in [-0.2, -0.15) is 5.10 Å². The first-order valence-electron chi connectivity index (χ1n) is 23.7. The van der Waals surface area contributed by atoms with Gasteiger partial charge < -0.3 is 45.2 Å². The highest BCUT2D eigenvalue weighted by molar-refractivity contribution is 5.96. The third-order valence-corrected chi connectivity index (χ3v) is 12.9. The lowest BCUT2D eigenvalue weighted by Crippen LogP contribution is -2.39. The van der Waals surface area contributed by atoms with E-state index in [1.165, 1.54) is 0 Å². The topological polar surface area (TPSA) is 183 Å². The van der Waals surface area contributed by atoms with Gasteiger partial charge in [-0.15, -0.1) is 0 Å². The summed E-state index contributed by atoms with van der Waals surface area (Å²) >= 11 is 0. The number of benzene rings is 7. The molecule has 10 rings (SSSR count). The van der Waals surface area contributed by atoms with E-state index in [1.807, 2.05) is 65.3 Å². The van der Waals surface area contributed by atoms with Crippen LogP contribution in [-0.4, -0.2) is 57.2 Å². The van der Waals surface area contributed by atoms with Crippen LogP contribution in [0.2, 0.25) is 0 Å². The summed E-state index contributed by atoms with van der Waals surface area (Å²) in [5.41, 5.74) is 18.4. The Labute approximate surface area is 410 Å². The maximum Gasteiger partial charge on any atom is 0.307 e. The van der Waals surface area contributed by atoms with Gasteiger partial charge in [-0.25, -0.2) is 4.68 Å². The number of carboxylic acid groups (broad SMARTS) is 2. The number of aromatic nitrogens is 2. The van der Waals surface area contributed by atoms with Crippen molar-refractivity contribution in [3.63, 3.8) is 0 Å². The summed E-state index contributed by atoms with van der Waals surface area (Å²) in [6.07, 6.45) is 2.16.